The summed E-state index contributed by atoms with van der Waals surface area (Å²) in [6.45, 7) is 0.148. The van der Waals surface area contributed by atoms with E-state index < -0.39 is 0 Å². The first-order chi connectivity index (χ1) is 11.1. The van der Waals surface area contributed by atoms with Crippen LogP contribution in [0.15, 0.2) is 40.3 Å². The topological polar surface area (TPSA) is 88.4 Å². The van der Waals surface area contributed by atoms with Crippen LogP contribution in [0, 0.1) is 0 Å². The van der Waals surface area contributed by atoms with E-state index in [4.69, 9.17) is 0 Å². The first kappa shape index (κ1) is 15.6. The summed E-state index contributed by atoms with van der Waals surface area (Å²) in [5.74, 6) is 0.0629. The number of hydrogen-bond acceptors (Lipinski definition) is 5. The predicted octanol–water partition coefficient (Wildman–Crippen LogP) is 1.60. The second-order valence-corrected chi connectivity index (χ2v) is 7.07. The van der Waals surface area contributed by atoms with Crippen molar-refractivity contribution in [1.29, 1.82) is 0 Å². The summed E-state index contributed by atoms with van der Waals surface area (Å²) in [5, 5.41) is 13.3. The molecule has 118 valence electrons. The Morgan fingerprint density at radius 3 is 2.83 bits per heavy atom. The second-order valence-electron chi connectivity index (χ2n) is 4.61. The number of nitrogens with zero attached hydrogens (tertiary/aromatic N) is 3. The van der Waals surface area contributed by atoms with Crippen molar-refractivity contribution in [2.45, 2.75) is 6.54 Å². The fourth-order valence-electron chi connectivity index (χ4n) is 1.94. The molecule has 0 aliphatic heterocycles. The highest BCUT2D eigenvalue weighted by atomic mass is 79.9. The molecule has 3 rings (SSSR count). The Morgan fingerprint density at radius 1 is 1.17 bits per heavy atom. The molecular formula is C14H12BrN5O2S. The molecule has 0 fully saturated rings. The molecule has 3 heterocycles. The van der Waals surface area contributed by atoms with Crippen molar-refractivity contribution in [2.24, 2.45) is 0 Å². The fourth-order valence-corrected chi connectivity index (χ4v) is 3.24. The van der Waals surface area contributed by atoms with Crippen LogP contribution < -0.4 is 10.6 Å². The molecule has 23 heavy (non-hydrogen) atoms. The lowest BCUT2D eigenvalue weighted by Crippen LogP contribution is -2.36. The van der Waals surface area contributed by atoms with Gasteiger partial charge in [-0.2, -0.15) is 0 Å². The number of fused-ring (bicyclic) bond motifs is 1. The molecule has 2 amide bonds. The van der Waals surface area contributed by atoms with Crippen LogP contribution in [-0.4, -0.2) is 33.0 Å². The minimum Gasteiger partial charge on any atom is -0.347 e. The van der Waals surface area contributed by atoms with Crippen LogP contribution in [0.1, 0.15) is 15.5 Å². The van der Waals surface area contributed by atoms with E-state index in [2.05, 4.69) is 36.8 Å². The average Bonchev–Trinajstić information content (AvgIpc) is 3.17. The molecule has 0 aliphatic rings. The van der Waals surface area contributed by atoms with Crippen molar-refractivity contribution in [3.63, 3.8) is 0 Å². The molecule has 2 N–H and O–H groups in total. The summed E-state index contributed by atoms with van der Waals surface area (Å²) >= 11 is 4.60. The number of carbonyl (C=O) groups is 2. The Bertz CT molecular complexity index is 860. The molecule has 0 unspecified atom stereocenters. The number of carbonyl (C=O) groups excluding carboxylic acids is 2. The van der Waals surface area contributed by atoms with Gasteiger partial charge >= 0.3 is 0 Å². The molecule has 9 heteroatoms. The number of rotatable bonds is 5. The minimum atomic E-state index is -0.290. The molecule has 0 saturated carbocycles. The van der Waals surface area contributed by atoms with E-state index >= 15 is 0 Å². The van der Waals surface area contributed by atoms with E-state index in [1.165, 1.54) is 11.3 Å². The van der Waals surface area contributed by atoms with Crippen LogP contribution in [0.2, 0.25) is 0 Å². The molecule has 0 spiro atoms. The largest absolute Gasteiger partial charge is 0.347 e. The maximum atomic E-state index is 11.8. The predicted molar refractivity (Wildman–Crippen MR) is 89.2 cm³/mol. The highest BCUT2D eigenvalue weighted by Gasteiger charge is 2.11. The quantitative estimate of drug-likeness (QED) is 0.688. The van der Waals surface area contributed by atoms with Gasteiger partial charge in [0.25, 0.3) is 5.91 Å². The number of amides is 2. The first-order valence-corrected chi connectivity index (χ1v) is 8.33. The zero-order valence-electron chi connectivity index (χ0n) is 11.8. The number of pyridine rings is 1. The number of aromatic nitrogens is 3. The van der Waals surface area contributed by atoms with Crippen LogP contribution in [0.25, 0.3) is 5.65 Å². The third-order valence-electron chi connectivity index (χ3n) is 3.03. The van der Waals surface area contributed by atoms with Crippen LogP contribution in [0.5, 0.6) is 0 Å². The SMILES string of the molecule is O=C(CNC(=O)c1ccc(Br)s1)NCc1nnc2ccccn12. The number of hydrogen-bond donors (Lipinski definition) is 2. The lowest BCUT2D eigenvalue weighted by Gasteiger charge is -2.05. The molecule has 0 bridgehead atoms. The van der Waals surface area contributed by atoms with Crippen molar-refractivity contribution < 1.29 is 9.59 Å². The van der Waals surface area contributed by atoms with E-state index in [0.717, 1.165) is 3.79 Å². The number of halogens is 1. The standard InChI is InChI=1S/C14H12BrN5O2S/c15-10-5-4-9(23-10)14(22)17-8-13(21)16-7-12-19-18-11-3-1-2-6-20(11)12/h1-6H,7-8H2,(H,16,21)(H,17,22). The molecule has 0 aromatic carbocycles. The zero-order chi connectivity index (χ0) is 16.2. The van der Waals surface area contributed by atoms with Gasteiger partial charge in [0.05, 0.1) is 21.8 Å². The average molecular weight is 394 g/mol. The molecule has 3 aromatic rings. The minimum absolute atomic E-state index is 0.0922. The fraction of sp³-hybridized carbons (Fsp3) is 0.143. The third kappa shape index (κ3) is 3.74. The summed E-state index contributed by atoms with van der Waals surface area (Å²) in [4.78, 5) is 24.2. The Morgan fingerprint density at radius 2 is 2.04 bits per heavy atom. The molecule has 3 aromatic heterocycles. The van der Waals surface area contributed by atoms with Gasteiger partial charge in [0.15, 0.2) is 11.5 Å². The number of nitrogens with one attached hydrogen (secondary N) is 2. The smallest absolute Gasteiger partial charge is 0.261 e. The first-order valence-electron chi connectivity index (χ1n) is 6.72. The molecule has 0 saturated heterocycles. The van der Waals surface area contributed by atoms with Crippen molar-refractivity contribution in [3.05, 3.63) is 51.0 Å². The molecule has 0 aliphatic carbocycles. The van der Waals surface area contributed by atoms with Gasteiger partial charge in [-0.25, -0.2) is 0 Å². The van der Waals surface area contributed by atoms with Crippen molar-refractivity contribution >= 4 is 44.7 Å². The summed E-state index contributed by atoms with van der Waals surface area (Å²) in [6, 6.07) is 9.05. The van der Waals surface area contributed by atoms with Crippen molar-refractivity contribution in [2.75, 3.05) is 6.54 Å². The summed E-state index contributed by atoms with van der Waals surface area (Å²) in [7, 11) is 0. The third-order valence-corrected chi connectivity index (χ3v) is 4.66. The maximum absolute atomic E-state index is 11.8. The van der Waals surface area contributed by atoms with Gasteiger partial charge in [0.2, 0.25) is 5.91 Å². The van der Waals surface area contributed by atoms with Crippen LogP contribution in [0.3, 0.4) is 0 Å². The molecular weight excluding hydrogens is 382 g/mol. The highest BCUT2D eigenvalue weighted by molar-refractivity contribution is 9.11. The van der Waals surface area contributed by atoms with Crippen LogP contribution in [-0.2, 0) is 11.3 Å². The Balaban J connectivity index is 1.51. The summed E-state index contributed by atoms with van der Waals surface area (Å²) < 4.78 is 2.66. The number of thiophene rings is 1. The van der Waals surface area contributed by atoms with E-state index in [9.17, 15) is 9.59 Å². The van der Waals surface area contributed by atoms with E-state index in [1.54, 1.807) is 16.5 Å². The lowest BCUT2D eigenvalue weighted by molar-refractivity contribution is -0.120. The van der Waals surface area contributed by atoms with Gasteiger partial charge in [-0.3, -0.25) is 14.0 Å². The molecule has 0 atom stereocenters. The second kappa shape index (κ2) is 6.88. The van der Waals surface area contributed by atoms with E-state index in [0.29, 0.717) is 16.3 Å². The normalized spacial score (nSPS) is 10.7. The Labute approximate surface area is 143 Å². The zero-order valence-corrected chi connectivity index (χ0v) is 14.2. The molecule has 0 radical (unpaired) electrons. The van der Waals surface area contributed by atoms with E-state index in [-0.39, 0.29) is 24.9 Å². The highest BCUT2D eigenvalue weighted by Crippen LogP contribution is 2.21. The van der Waals surface area contributed by atoms with Crippen molar-refractivity contribution in [1.82, 2.24) is 25.2 Å². The Kier molecular flexibility index (Phi) is 4.68. The van der Waals surface area contributed by atoms with Crippen LogP contribution >= 0.6 is 27.3 Å². The summed E-state index contributed by atoms with van der Waals surface area (Å²) in [5.41, 5.74) is 0.716. The van der Waals surface area contributed by atoms with Gasteiger partial charge in [-0.15, -0.1) is 21.5 Å². The van der Waals surface area contributed by atoms with E-state index in [1.807, 2.05) is 24.4 Å². The van der Waals surface area contributed by atoms with Gasteiger partial charge in [0, 0.05) is 6.20 Å². The van der Waals surface area contributed by atoms with Crippen molar-refractivity contribution in [3.8, 4) is 0 Å². The maximum Gasteiger partial charge on any atom is 0.261 e. The Hall–Kier alpha value is -2.26. The monoisotopic (exact) mass is 393 g/mol. The summed E-state index contributed by atoms with van der Waals surface area (Å²) in [6.07, 6.45) is 1.83. The van der Waals surface area contributed by atoms with Gasteiger partial charge < -0.3 is 10.6 Å². The van der Waals surface area contributed by atoms with Gasteiger partial charge in [-0.1, -0.05) is 6.07 Å². The lowest BCUT2D eigenvalue weighted by atomic mass is 10.4. The molecule has 7 nitrogen and oxygen atoms in total. The van der Waals surface area contributed by atoms with Gasteiger partial charge in [0.1, 0.15) is 0 Å². The van der Waals surface area contributed by atoms with Gasteiger partial charge in [-0.05, 0) is 40.2 Å². The van der Waals surface area contributed by atoms with Crippen LogP contribution in [0.4, 0.5) is 0 Å².